The first-order valence-electron chi connectivity index (χ1n) is 9.63. The van der Waals surface area contributed by atoms with Gasteiger partial charge in [0.05, 0.1) is 12.7 Å². The molecule has 0 heterocycles. The van der Waals surface area contributed by atoms with Gasteiger partial charge in [0.2, 0.25) is 0 Å². The molecule has 1 N–H and O–H groups in total. The van der Waals surface area contributed by atoms with Crippen molar-refractivity contribution in [3.8, 4) is 5.75 Å². The molecule has 3 atom stereocenters. The first-order chi connectivity index (χ1) is 11.2. The summed E-state index contributed by atoms with van der Waals surface area (Å²) >= 11 is 0. The second kappa shape index (κ2) is 7.70. The molecule has 0 bridgehead atoms. The highest BCUT2D eigenvalue weighted by Crippen LogP contribution is 2.59. The molecule has 0 spiro atoms. The SMILES string of the molecule is CCCCCCCOc1ccc(C[C@]23CCCC2[C@H](O)C3)cc1. The molecular formula is C21H32O2. The molecule has 3 rings (SSSR count). The molecule has 23 heavy (non-hydrogen) atoms. The van der Waals surface area contributed by atoms with Gasteiger partial charge in [0.1, 0.15) is 5.75 Å². The van der Waals surface area contributed by atoms with Crippen LogP contribution in [-0.4, -0.2) is 17.8 Å². The monoisotopic (exact) mass is 316 g/mol. The Bertz CT molecular complexity index is 481. The van der Waals surface area contributed by atoms with Crippen molar-refractivity contribution in [2.45, 2.75) is 77.2 Å². The van der Waals surface area contributed by atoms with Crippen LogP contribution in [0.2, 0.25) is 0 Å². The average molecular weight is 316 g/mol. The molecule has 2 fully saturated rings. The van der Waals surface area contributed by atoms with E-state index < -0.39 is 0 Å². The second-order valence-electron chi connectivity index (χ2n) is 7.72. The van der Waals surface area contributed by atoms with E-state index in [9.17, 15) is 5.11 Å². The van der Waals surface area contributed by atoms with Crippen molar-refractivity contribution in [1.82, 2.24) is 0 Å². The molecule has 2 aliphatic rings. The first kappa shape index (κ1) is 16.8. The van der Waals surface area contributed by atoms with Gasteiger partial charge in [0.25, 0.3) is 0 Å². The van der Waals surface area contributed by atoms with Crippen LogP contribution in [0.5, 0.6) is 5.75 Å². The lowest BCUT2D eigenvalue weighted by molar-refractivity contribution is -0.0871. The van der Waals surface area contributed by atoms with Gasteiger partial charge in [-0.05, 0) is 61.1 Å². The zero-order valence-corrected chi connectivity index (χ0v) is 14.6. The number of unbranched alkanes of at least 4 members (excludes halogenated alkanes) is 4. The summed E-state index contributed by atoms with van der Waals surface area (Å²) < 4.78 is 5.85. The Hall–Kier alpha value is -1.02. The zero-order chi connectivity index (χ0) is 16.1. The maximum absolute atomic E-state index is 9.96. The lowest BCUT2D eigenvalue weighted by Gasteiger charge is -2.49. The normalized spacial score (nSPS) is 29.1. The van der Waals surface area contributed by atoms with E-state index in [1.54, 1.807) is 0 Å². The summed E-state index contributed by atoms with van der Waals surface area (Å²) in [5, 5.41) is 9.96. The fourth-order valence-corrected chi connectivity index (χ4v) is 4.72. The Labute approximate surface area is 141 Å². The standard InChI is InChI=1S/C21H32O2/c1-2-3-4-5-6-14-23-18-11-9-17(10-12-18)15-21-13-7-8-19(21)20(22)16-21/h9-12,19-20,22H,2-8,13-16H2,1H3/t19?,20-,21+/m1/s1. The van der Waals surface area contributed by atoms with Crippen molar-refractivity contribution in [2.75, 3.05) is 6.61 Å². The molecular weight excluding hydrogens is 284 g/mol. The summed E-state index contributed by atoms with van der Waals surface area (Å²) in [7, 11) is 0. The Kier molecular flexibility index (Phi) is 5.63. The van der Waals surface area contributed by atoms with Gasteiger partial charge < -0.3 is 9.84 Å². The number of fused-ring (bicyclic) bond motifs is 1. The van der Waals surface area contributed by atoms with Crippen molar-refractivity contribution < 1.29 is 9.84 Å². The summed E-state index contributed by atoms with van der Waals surface area (Å²) in [4.78, 5) is 0. The minimum Gasteiger partial charge on any atom is -0.494 e. The average Bonchev–Trinajstić information content (AvgIpc) is 2.88. The number of hydrogen-bond acceptors (Lipinski definition) is 2. The molecule has 2 heteroatoms. The summed E-state index contributed by atoms with van der Waals surface area (Å²) in [6.45, 7) is 3.08. The van der Waals surface area contributed by atoms with Gasteiger partial charge in [-0.1, -0.05) is 51.2 Å². The van der Waals surface area contributed by atoms with Gasteiger partial charge in [-0.2, -0.15) is 0 Å². The van der Waals surface area contributed by atoms with Crippen molar-refractivity contribution in [2.24, 2.45) is 11.3 Å². The van der Waals surface area contributed by atoms with E-state index in [0.29, 0.717) is 11.3 Å². The smallest absolute Gasteiger partial charge is 0.119 e. The zero-order valence-electron chi connectivity index (χ0n) is 14.6. The lowest BCUT2D eigenvalue weighted by Crippen LogP contribution is -2.49. The van der Waals surface area contributed by atoms with Crippen LogP contribution >= 0.6 is 0 Å². The van der Waals surface area contributed by atoms with Crippen LogP contribution in [0.15, 0.2) is 24.3 Å². The fourth-order valence-electron chi connectivity index (χ4n) is 4.72. The van der Waals surface area contributed by atoms with Gasteiger partial charge in [0, 0.05) is 0 Å². The van der Waals surface area contributed by atoms with Gasteiger partial charge >= 0.3 is 0 Å². The van der Waals surface area contributed by atoms with Crippen LogP contribution < -0.4 is 4.74 Å². The van der Waals surface area contributed by atoms with Crippen molar-refractivity contribution in [3.63, 3.8) is 0 Å². The van der Waals surface area contributed by atoms with Crippen LogP contribution in [0, 0.1) is 11.3 Å². The van der Waals surface area contributed by atoms with E-state index in [1.165, 1.54) is 50.5 Å². The van der Waals surface area contributed by atoms with E-state index in [4.69, 9.17) is 4.74 Å². The maximum Gasteiger partial charge on any atom is 0.119 e. The molecule has 1 aromatic rings. The minimum absolute atomic E-state index is 0.0344. The molecule has 2 aliphatic carbocycles. The van der Waals surface area contributed by atoms with Crippen molar-refractivity contribution >= 4 is 0 Å². The molecule has 0 amide bonds. The predicted molar refractivity (Wildman–Crippen MR) is 94.8 cm³/mol. The molecule has 0 radical (unpaired) electrons. The number of benzene rings is 1. The highest BCUT2D eigenvalue weighted by atomic mass is 16.5. The van der Waals surface area contributed by atoms with Gasteiger partial charge in [0.15, 0.2) is 0 Å². The molecule has 0 saturated heterocycles. The fraction of sp³-hybridized carbons (Fsp3) is 0.714. The quantitative estimate of drug-likeness (QED) is 0.640. The van der Waals surface area contributed by atoms with Gasteiger partial charge in [-0.3, -0.25) is 0 Å². The van der Waals surface area contributed by atoms with Gasteiger partial charge in [-0.15, -0.1) is 0 Å². The first-order valence-corrected chi connectivity index (χ1v) is 9.63. The number of ether oxygens (including phenoxy) is 1. The molecule has 2 nitrogen and oxygen atoms in total. The van der Waals surface area contributed by atoms with Crippen LogP contribution in [-0.2, 0) is 6.42 Å². The minimum atomic E-state index is -0.0344. The summed E-state index contributed by atoms with van der Waals surface area (Å²) in [5.74, 6) is 1.56. The summed E-state index contributed by atoms with van der Waals surface area (Å²) in [6.07, 6.45) is 12.3. The summed E-state index contributed by atoms with van der Waals surface area (Å²) in [5.41, 5.74) is 1.81. The van der Waals surface area contributed by atoms with Crippen LogP contribution in [0.3, 0.4) is 0 Å². The highest BCUT2D eigenvalue weighted by Gasteiger charge is 2.55. The molecule has 2 saturated carbocycles. The summed E-state index contributed by atoms with van der Waals surface area (Å²) in [6, 6.07) is 8.69. The third kappa shape index (κ3) is 3.91. The predicted octanol–water partition coefficient (Wildman–Crippen LogP) is 5.13. The Morgan fingerprint density at radius 3 is 2.65 bits per heavy atom. The molecule has 1 unspecified atom stereocenters. The molecule has 0 aliphatic heterocycles. The second-order valence-corrected chi connectivity index (χ2v) is 7.72. The van der Waals surface area contributed by atoms with Crippen molar-refractivity contribution in [3.05, 3.63) is 29.8 Å². The third-order valence-electron chi connectivity index (χ3n) is 6.05. The van der Waals surface area contributed by atoms with E-state index in [-0.39, 0.29) is 6.10 Å². The Morgan fingerprint density at radius 2 is 1.91 bits per heavy atom. The van der Waals surface area contributed by atoms with E-state index >= 15 is 0 Å². The van der Waals surface area contributed by atoms with Crippen molar-refractivity contribution in [1.29, 1.82) is 0 Å². The van der Waals surface area contributed by atoms with Crippen LogP contribution in [0.4, 0.5) is 0 Å². The van der Waals surface area contributed by atoms with E-state index in [1.807, 2.05) is 0 Å². The largest absolute Gasteiger partial charge is 0.494 e. The number of aliphatic hydroxyl groups is 1. The topological polar surface area (TPSA) is 29.5 Å². The number of rotatable bonds is 9. The van der Waals surface area contributed by atoms with E-state index in [2.05, 4.69) is 31.2 Å². The third-order valence-corrected chi connectivity index (χ3v) is 6.05. The van der Waals surface area contributed by atoms with Crippen LogP contribution in [0.25, 0.3) is 0 Å². The Morgan fingerprint density at radius 1 is 1.13 bits per heavy atom. The number of hydrogen-bond donors (Lipinski definition) is 1. The molecule has 0 aromatic heterocycles. The lowest BCUT2D eigenvalue weighted by atomic mass is 9.57. The molecule has 1 aromatic carbocycles. The number of aliphatic hydroxyl groups excluding tert-OH is 1. The molecule has 128 valence electrons. The Balaban J connectivity index is 1.43. The van der Waals surface area contributed by atoms with Crippen LogP contribution in [0.1, 0.15) is 70.3 Å². The highest BCUT2D eigenvalue weighted by molar-refractivity contribution is 5.29. The van der Waals surface area contributed by atoms with Gasteiger partial charge in [-0.25, -0.2) is 0 Å². The van der Waals surface area contributed by atoms with E-state index in [0.717, 1.165) is 31.6 Å². The maximum atomic E-state index is 9.96.